The van der Waals surface area contributed by atoms with Crippen LogP contribution in [-0.2, 0) is 4.79 Å². The minimum atomic E-state index is -0.0990. The maximum Gasteiger partial charge on any atom is 0.226 e. The summed E-state index contributed by atoms with van der Waals surface area (Å²) in [6.07, 6.45) is 8.47. The molecule has 2 aliphatic rings. The van der Waals surface area contributed by atoms with E-state index in [-0.39, 0.29) is 5.41 Å². The lowest BCUT2D eigenvalue weighted by Crippen LogP contribution is -2.52. The Balaban J connectivity index is 2.29. The summed E-state index contributed by atoms with van der Waals surface area (Å²) in [7, 11) is 0. The van der Waals surface area contributed by atoms with Crippen LogP contribution < -0.4 is 5.32 Å². The predicted molar refractivity (Wildman–Crippen MR) is 75.3 cm³/mol. The zero-order valence-electron chi connectivity index (χ0n) is 12.6. The number of rotatable bonds is 3. The zero-order valence-corrected chi connectivity index (χ0v) is 12.6. The van der Waals surface area contributed by atoms with Gasteiger partial charge in [-0.15, -0.1) is 0 Å². The Hall–Kier alpha value is -0.530. The quantitative estimate of drug-likeness (QED) is 0.810. The van der Waals surface area contributed by atoms with E-state index in [1.165, 1.54) is 25.7 Å². The average molecular weight is 251 g/mol. The molecule has 0 heterocycles. The van der Waals surface area contributed by atoms with Crippen molar-refractivity contribution in [2.45, 2.75) is 72.6 Å². The smallest absolute Gasteiger partial charge is 0.226 e. The van der Waals surface area contributed by atoms with E-state index in [2.05, 4.69) is 26.1 Å². The lowest BCUT2D eigenvalue weighted by molar-refractivity contribution is -0.144. The van der Waals surface area contributed by atoms with Gasteiger partial charge in [-0.1, -0.05) is 27.2 Å². The van der Waals surface area contributed by atoms with E-state index < -0.39 is 0 Å². The molecule has 2 aliphatic carbocycles. The molecule has 2 fully saturated rings. The highest BCUT2D eigenvalue weighted by Gasteiger charge is 2.54. The zero-order chi connectivity index (χ0) is 13.4. The van der Waals surface area contributed by atoms with Crippen molar-refractivity contribution in [1.29, 1.82) is 0 Å². The summed E-state index contributed by atoms with van der Waals surface area (Å²) in [4.78, 5) is 12.6. The van der Waals surface area contributed by atoms with Crippen molar-refractivity contribution in [1.82, 2.24) is 5.32 Å². The van der Waals surface area contributed by atoms with E-state index in [0.29, 0.717) is 16.7 Å². The molecule has 2 atom stereocenters. The van der Waals surface area contributed by atoms with Crippen molar-refractivity contribution in [3.05, 3.63) is 0 Å². The van der Waals surface area contributed by atoms with Gasteiger partial charge in [0.05, 0.1) is 0 Å². The van der Waals surface area contributed by atoms with Gasteiger partial charge in [-0.3, -0.25) is 4.79 Å². The highest BCUT2D eigenvalue weighted by Crippen LogP contribution is 2.62. The first-order chi connectivity index (χ1) is 8.37. The van der Waals surface area contributed by atoms with Crippen LogP contribution in [0.15, 0.2) is 0 Å². The highest BCUT2D eigenvalue weighted by atomic mass is 16.2. The van der Waals surface area contributed by atoms with Crippen molar-refractivity contribution in [3.8, 4) is 0 Å². The molecule has 2 nitrogen and oxygen atoms in total. The molecule has 1 amide bonds. The number of carbonyl (C=O) groups is 1. The van der Waals surface area contributed by atoms with Gasteiger partial charge in [0.2, 0.25) is 5.91 Å². The van der Waals surface area contributed by atoms with Crippen LogP contribution in [0.4, 0.5) is 0 Å². The summed E-state index contributed by atoms with van der Waals surface area (Å²) in [6, 6.07) is 0. The van der Waals surface area contributed by atoms with Crippen LogP contribution >= 0.6 is 0 Å². The van der Waals surface area contributed by atoms with E-state index in [1.807, 2.05) is 6.92 Å². The Morgan fingerprint density at radius 1 is 1.06 bits per heavy atom. The Labute approximate surface area is 112 Å². The average Bonchev–Trinajstić information content (AvgIpc) is 2.26. The van der Waals surface area contributed by atoms with Gasteiger partial charge in [-0.2, -0.15) is 0 Å². The predicted octanol–water partition coefficient (Wildman–Crippen LogP) is 3.90. The van der Waals surface area contributed by atoms with Crippen LogP contribution in [0.5, 0.6) is 0 Å². The first-order valence-corrected chi connectivity index (χ1v) is 7.65. The summed E-state index contributed by atoms with van der Waals surface area (Å²) in [5.41, 5.74) is 0.691. The molecule has 0 aromatic heterocycles. The third-order valence-electron chi connectivity index (χ3n) is 5.44. The van der Waals surface area contributed by atoms with Crippen LogP contribution in [-0.4, -0.2) is 12.5 Å². The van der Waals surface area contributed by atoms with Crippen molar-refractivity contribution in [2.75, 3.05) is 6.54 Å². The standard InChI is InChI=1S/C16H29NO/c1-5-16(13(18)17-6-2)11-14(3)8-7-9-15(4,10-14)12-16/h5-12H2,1-4H3,(H,17,18). The van der Waals surface area contributed by atoms with Gasteiger partial charge in [-0.25, -0.2) is 0 Å². The van der Waals surface area contributed by atoms with E-state index >= 15 is 0 Å². The van der Waals surface area contributed by atoms with E-state index in [9.17, 15) is 4.79 Å². The number of carbonyl (C=O) groups excluding carboxylic acids is 1. The van der Waals surface area contributed by atoms with Crippen LogP contribution in [0.3, 0.4) is 0 Å². The highest BCUT2D eigenvalue weighted by molar-refractivity contribution is 5.82. The Morgan fingerprint density at radius 2 is 1.61 bits per heavy atom. The first-order valence-electron chi connectivity index (χ1n) is 7.65. The topological polar surface area (TPSA) is 29.1 Å². The molecule has 0 aliphatic heterocycles. The van der Waals surface area contributed by atoms with Gasteiger partial charge in [-0.05, 0) is 56.3 Å². The van der Waals surface area contributed by atoms with Gasteiger partial charge in [0.15, 0.2) is 0 Å². The van der Waals surface area contributed by atoms with E-state index in [1.54, 1.807) is 0 Å². The molecule has 0 radical (unpaired) electrons. The number of hydrogen-bond donors (Lipinski definition) is 1. The molecular weight excluding hydrogens is 222 g/mol. The largest absolute Gasteiger partial charge is 0.356 e. The van der Waals surface area contributed by atoms with Crippen LogP contribution in [0, 0.1) is 16.2 Å². The van der Waals surface area contributed by atoms with E-state index in [4.69, 9.17) is 0 Å². The Bertz CT molecular complexity index is 320. The third kappa shape index (κ3) is 2.31. The van der Waals surface area contributed by atoms with Crippen LogP contribution in [0.2, 0.25) is 0 Å². The van der Waals surface area contributed by atoms with Crippen LogP contribution in [0.1, 0.15) is 72.6 Å². The molecule has 0 spiro atoms. The summed E-state index contributed by atoms with van der Waals surface area (Å²) >= 11 is 0. The second-order valence-corrected chi connectivity index (χ2v) is 7.50. The molecule has 1 N–H and O–H groups in total. The summed E-state index contributed by atoms with van der Waals surface area (Å²) in [5, 5.41) is 3.09. The summed E-state index contributed by atoms with van der Waals surface area (Å²) in [6.45, 7) is 9.80. The normalized spacial score (nSPS) is 43.6. The maximum atomic E-state index is 12.6. The van der Waals surface area contributed by atoms with Crippen LogP contribution in [0.25, 0.3) is 0 Å². The minimum absolute atomic E-state index is 0.0990. The van der Waals surface area contributed by atoms with Crippen molar-refractivity contribution < 1.29 is 4.79 Å². The second-order valence-electron chi connectivity index (χ2n) is 7.50. The van der Waals surface area contributed by atoms with Crippen molar-refractivity contribution in [2.24, 2.45) is 16.2 Å². The fourth-order valence-corrected chi connectivity index (χ4v) is 5.07. The molecule has 2 unspecified atom stereocenters. The monoisotopic (exact) mass is 251 g/mol. The molecule has 104 valence electrons. The van der Waals surface area contributed by atoms with Crippen molar-refractivity contribution in [3.63, 3.8) is 0 Å². The molecule has 0 aromatic rings. The van der Waals surface area contributed by atoms with Gasteiger partial charge < -0.3 is 5.32 Å². The SMILES string of the molecule is CCNC(=O)C1(CC)CC2(C)CCCC(C)(C2)C1. The number of amides is 1. The molecule has 2 bridgehead atoms. The summed E-state index contributed by atoms with van der Waals surface area (Å²) in [5.74, 6) is 0.312. The molecule has 2 saturated carbocycles. The number of fused-ring (bicyclic) bond motifs is 2. The number of hydrogen-bond acceptors (Lipinski definition) is 1. The maximum absolute atomic E-state index is 12.6. The molecule has 18 heavy (non-hydrogen) atoms. The molecule has 0 saturated heterocycles. The summed E-state index contributed by atoms with van der Waals surface area (Å²) < 4.78 is 0. The van der Waals surface area contributed by atoms with Crippen molar-refractivity contribution >= 4 is 5.91 Å². The Morgan fingerprint density at radius 3 is 2.06 bits per heavy atom. The van der Waals surface area contributed by atoms with Gasteiger partial charge in [0.25, 0.3) is 0 Å². The Kier molecular flexibility index (Phi) is 3.50. The molecule has 0 aromatic carbocycles. The van der Waals surface area contributed by atoms with E-state index in [0.717, 1.165) is 25.8 Å². The second kappa shape index (κ2) is 4.54. The third-order valence-corrected chi connectivity index (χ3v) is 5.44. The fraction of sp³-hybridized carbons (Fsp3) is 0.938. The van der Waals surface area contributed by atoms with Gasteiger partial charge >= 0.3 is 0 Å². The lowest BCUT2D eigenvalue weighted by atomic mass is 9.48. The first kappa shape index (κ1) is 13.9. The molecular formula is C16H29NO. The minimum Gasteiger partial charge on any atom is -0.356 e. The molecule has 2 rings (SSSR count). The number of nitrogens with one attached hydrogen (secondary N) is 1. The van der Waals surface area contributed by atoms with Gasteiger partial charge in [0.1, 0.15) is 0 Å². The molecule has 2 heteroatoms. The lowest BCUT2D eigenvalue weighted by Gasteiger charge is -2.56. The van der Waals surface area contributed by atoms with Gasteiger partial charge in [0, 0.05) is 12.0 Å². The fourth-order valence-electron chi connectivity index (χ4n) is 5.07.